The number of rotatable bonds is 2. The minimum absolute atomic E-state index is 0.0516. The van der Waals surface area contributed by atoms with Gasteiger partial charge >= 0.3 is 5.97 Å². The van der Waals surface area contributed by atoms with Crippen molar-refractivity contribution >= 4 is 5.97 Å². The Hall–Kier alpha value is -2.10. The van der Waals surface area contributed by atoms with Crippen LogP contribution in [0.2, 0.25) is 0 Å². The van der Waals surface area contributed by atoms with Crippen molar-refractivity contribution in [3.63, 3.8) is 0 Å². The highest BCUT2D eigenvalue weighted by Gasteiger charge is 2.36. The lowest BCUT2D eigenvalue weighted by Gasteiger charge is -2.33. The lowest BCUT2D eigenvalue weighted by Crippen LogP contribution is -2.30. The summed E-state index contributed by atoms with van der Waals surface area (Å²) in [6.07, 6.45) is 2.34. The van der Waals surface area contributed by atoms with Crippen molar-refractivity contribution in [3.05, 3.63) is 52.9 Å². The molecule has 0 saturated carbocycles. The summed E-state index contributed by atoms with van der Waals surface area (Å²) in [5.74, 6) is -0.284. The molecular weight excluding hydrogens is 242 g/mol. The molecule has 0 aliphatic heterocycles. The summed E-state index contributed by atoms with van der Waals surface area (Å²) in [7, 11) is 0. The maximum atomic E-state index is 11.2. The fourth-order valence-corrected chi connectivity index (χ4v) is 2.84. The van der Waals surface area contributed by atoms with Gasteiger partial charge in [-0.2, -0.15) is 0 Å². The highest BCUT2D eigenvalue weighted by Crippen LogP contribution is 2.39. The standard InChI is InChI=1S/C15H15NO3/c1-15(10-5-3-2-4-6-10)8-7-12-11(9-15)13(14(17)18)16-19-12/h2-6H,7-9H2,1H3,(H,17,18). The van der Waals surface area contributed by atoms with E-state index in [2.05, 4.69) is 24.2 Å². The molecule has 0 spiro atoms. The van der Waals surface area contributed by atoms with Gasteiger partial charge < -0.3 is 9.63 Å². The Morgan fingerprint density at radius 1 is 1.37 bits per heavy atom. The SMILES string of the molecule is CC1(c2ccccc2)CCc2onc(C(=O)O)c2C1. The van der Waals surface area contributed by atoms with Gasteiger partial charge in [0.05, 0.1) is 0 Å². The first kappa shape index (κ1) is 12.0. The quantitative estimate of drug-likeness (QED) is 0.898. The Balaban J connectivity index is 2.01. The number of aromatic carboxylic acids is 1. The minimum atomic E-state index is -1.01. The molecule has 2 aromatic rings. The number of carboxylic acid groups (broad SMARTS) is 1. The summed E-state index contributed by atoms with van der Waals surface area (Å²) in [5.41, 5.74) is 2.00. The molecule has 1 aromatic heterocycles. The van der Waals surface area contributed by atoms with E-state index in [1.165, 1.54) is 5.56 Å². The zero-order chi connectivity index (χ0) is 13.5. The molecule has 1 aliphatic rings. The van der Waals surface area contributed by atoms with Crippen molar-refractivity contribution in [2.24, 2.45) is 0 Å². The number of fused-ring (bicyclic) bond motifs is 1. The Labute approximate surface area is 111 Å². The van der Waals surface area contributed by atoms with Crippen molar-refractivity contribution in [3.8, 4) is 0 Å². The van der Waals surface area contributed by atoms with Crippen LogP contribution < -0.4 is 0 Å². The van der Waals surface area contributed by atoms with E-state index in [-0.39, 0.29) is 11.1 Å². The molecule has 1 unspecified atom stereocenters. The number of carboxylic acids is 1. The van der Waals surface area contributed by atoms with Gasteiger partial charge in [-0.05, 0) is 23.8 Å². The monoisotopic (exact) mass is 257 g/mol. The smallest absolute Gasteiger partial charge is 0.358 e. The molecule has 3 rings (SSSR count). The van der Waals surface area contributed by atoms with Gasteiger partial charge in [-0.15, -0.1) is 0 Å². The number of hydrogen-bond acceptors (Lipinski definition) is 3. The molecule has 1 aliphatic carbocycles. The van der Waals surface area contributed by atoms with E-state index in [1.807, 2.05) is 18.2 Å². The Morgan fingerprint density at radius 2 is 2.11 bits per heavy atom. The summed E-state index contributed by atoms with van der Waals surface area (Å²) in [6.45, 7) is 2.17. The predicted molar refractivity (Wildman–Crippen MR) is 69.3 cm³/mol. The van der Waals surface area contributed by atoms with Gasteiger partial charge in [0.1, 0.15) is 5.76 Å². The van der Waals surface area contributed by atoms with Crippen LogP contribution in [0.15, 0.2) is 34.9 Å². The van der Waals surface area contributed by atoms with E-state index in [4.69, 9.17) is 9.63 Å². The van der Waals surface area contributed by atoms with Crippen LogP contribution in [-0.2, 0) is 18.3 Å². The molecule has 1 heterocycles. The maximum Gasteiger partial charge on any atom is 0.358 e. The lowest BCUT2D eigenvalue weighted by atomic mass is 9.70. The average Bonchev–Trinajstić information content (AvgIpc) is 2.82. The Kier molecular flexibility index (Phi) is 2.66. The third-order valence-electron chi connectivity index (χ3n) is 4.01. The second kappa shape index (κ2) is 4.23. The van der Waals surface area contributed by atoms with Crippen LogP contribution in [0.1, 0.15) is 40.7 Å². The van der Waals surface area contributed by atoms with Gasteiger partial charge in [-0.25, -0.2) is 4.79 Å². The van der Waals surface area contributed by atoms with Crippen molar-refractivity contribution < 1.29 is 14.4 Å². The Bertz CT molecular complexity index is 618. The van der Waals surface area contributed by atoms with E-state index in [9.17, 15) is 4.79 Å². The minimum Gasteiger partial charge on any atom is -0.476 e. The van der Waals surface area contributed by atoms with Crippen LogP contribution in [0, 0.1) is 0 Å². The van der Waals surface area contributed by atoms with Crippen molar-refractivity contribution in [1.82, 2.24) is 5.16 Å². The van der Waals surface area contributed by atoms with Crippen LogP contribution in [0.25, 0.3) is 0 Å². The maximum absolute atomic E-state index is 11.2. The molecule has 0 saturated heterocycles. The van der Waals surface area contributed by atoms with E-state index < -0.39 is 5.97 Å². The second-order valence-electron chi connectivity index (χ2n) is 5.34. The molecule has 0 bridgehead atoms. The van der Waals surface area contributed by atoms with E-state index in [0.717, 1.165) is 24.2 Å². The van der Waals surface area contributed by atoms with Crippen molar-refractivity contribution in [1.29, 1.82) is 0 Å². The molecule has 4 nitrogen and oxygen atoms in total. The number of nitrogens with zero attached hydrogens (tertiary/aromatic N) is 1. The number of carbonyl (C=O) groups is 1. The highest BCUT2D eigenvalue weighted by atomic mass is 16.5. The van der Waals surface area contributed by atoms with Gasteiger partial charge in [0.2, 0.25) is 0 Å². The van der Waals surface area contributed by atoms with Crippen LogP contribution in [0.4, 0.5) is 0 Å². The molecule has 1 atom stereocenters. The molecule has 0 amide bonds. The zero-order valence-electron chi connectivity index (χ0n) is 10.7. The largest absolute Gasteiger partial charge is 0.476 e. The summed E-state index contributed by atoms with van der Waals surface area (Å²) >= 11 is 0. The molecular formula is C15H15NO3. The second-order valence-corrected chi connectivity index (χ2v) is 5.34. The van der Waals surface area contributed by atoms with Crippen LogP contribution >= 0.6 is 0 Å². The van der Waals surface area contributed by atoms with Crippen LogP contribution in [0.3, 0.4) is 0 Å². The molecule has 0 radical (unpaired) electrons. The third kappa shape index (κ3) is 1.93. The van der Waals surface area contributed by atoms with Gasteiger partial charge in [0.25, 0.3) is 0 Å². The van der Waals surface area contributed by atoms with Crippen molar-refractivity contribution in [2.45, 2.75) is 31.6 Å². The molecule has 0 fully saturated rings. The van der Waals surface area contributed by atoms with E-state index in [0.29, 0.717) is 6.42 Å². The number of aromatic nitrogens is 1. The molecule has 19 heavy (non-hydrogen) atoms. The van der Waals surface area contributed by atoms with Gasteiger partial charge in [0.15, 0.2) is 5.69 Å². The van der Waals surface area contributed by atoms with Gasteiger partial charge in [0, 0.05) is 12.0 Å². The first-order valence-electron chi connectivity index (χ1n) is 6.36. The summed E-state index contributed by atoms with van der Waals surface area (Å²) < 4.78 is 5.15. The van der Waals surface area contributed by atoms with Crippen LogP contribution in [-0.4, -0.2) is 16.2 Å². The molecule has 1 N–H and O–H groups in total. The van der Waals surface area contributed by atoms with E-state index >= 15 is 0 Å². The number of benzene rings is 1. The summed E-state index contributed by atoms with van der Waals surface area (Å²) in [5, 5.41) is 12.8. The third-order valence-corrected chi connectivity index (χ3v) is 4.01. The van der Waals surface area contributed by atoms with Crippen LogP contribution in [0.5, 0.6) is 0 Å². The Morgan fingerprint density at radius 3 is 2.79 bits per heavy atom. The number of hydrogen-bond donors (Lipinski definition) is 1. The topological polar surface area (TPSA) is 63.3 Å². The predicted octanol–water partition coefficient (Wildman–Crippen LogP) is 2.82. The average molecular weight is 257 g/mol. The first-order valence-corrected chi connectivity index (χ1v) is 6.36. The number of aryl methyl sites for hydroxylation is 1. The lowest BCUT2D eigenvalue weighted by molar-refractivity contribution is 0.0684. The van der Waals surface area contributed by atoms with E-state index in [1.54, 1.807) is 0 Å². The molecule has 4 heteroatoms. The fraction of sp³-hybridized carbons (Fsp3) is 0.333. The molecule has 1 aromatic carbocycles. The summed E-state index contributed by atoms with van der Waals surface area (Å²) in [6, 6.07) is 10.2. The van der Waals surface area contributed by atoms with Gasteiger partial charge in [-0.3, -0.25) is 0 Å². The normalized spacial score (nSPS) is 21.9. The first-order chi connectivity index (χ1) is 9.10. The summed E-state index contributed by atoms with van der Waals surface area (Å²) in [4.78, 5) is 11.2. The van der Waals surface area contributed by atoms with Crippen molar-refractivity contribution in [2.75, 3.05) is 0 Å². The fourth-order valence-electron chi connectivity index (χ4n) is 2.84. The highest BCUT2D eigenvalue weighted by molar-refractivity contribution is 5.87. The zero-order valence-corrected chi connectivity index (χ0v) is 10.7. The molecule has 98 valence electrons. The van der Waals surface area contributed by atoms with Gasteiger partial charge in [-0.1, -0.05) is 42.4 Å².